The topological polar surface area (TPSA) is 61.6 Å². The maximum atomic E-state index is 12.5. The molecule has 1 aliphatic heterocycles. The molecule has 31 heavy (non-hydrogen) atoms. The summed E-state index contributed by atoms with van der Waals surface area (Å²) in [6.45, 7) is 7.02. The first-order valence-corrected chi connectivity index (χ1v) is 11.2. The molecule has 5 heteroatoms. The standard InChI is InChI=1S/C26H31NO4/c1-17(2)15-30-23-14-21-18(3)24(19-10-6-4-7-11-19)26(27(28)29)25(22(21)16-31-23)20-12-8-5-9-13-20/h4-13,16-18,21,23-26H,14-15H2,1-3H3/t18-,21-,23+,24-,25+,26+/m0/s1. The van der Waals surface area contributed by atoms with E-state index in [0.717, 1.165) is 23.1 Å². The number of ether oxygens (including phenoxy) is 2. The summed E-state index contributed by atoms with van der Waals surface area (Å²) < 4.78 is 12.0. The lowest BCUT2D eigenvalue weighted by Crippen LogP contribution is -2.48. The number of hydrogen-bond acceptors (Lipinski definition) is 4. The Hall–Kier alpha value is -2.66. The van der Waals surface area contributed by atoms with Crippen LogP contribution in [-0.2, 0) is 9.47 Å². The maximum absolute atomic E-state index is 12.5. The van der Waals surface area contributed by atoms with Gasteiger partial charge in [-0.05, 0) is 34.5 Å². The fraction of sp³-hybridized carbons (Fsp3) is 0.462. The molecular formula is C26H31NO4. The highest BCUT2D eigenvalue weighted by Gasteiger charge is 2.54. The van der Waals surface area contributed by atoms with Crippen molar-refractivity contribution in [3.05, 3.63) is 93.7 Å². The average Bonchev–Trinajstić information content (AvgIpc) is 2.78. The number of benzene rings is 2. The second kappa shape index (κ2) is 9.23. The van der Waals surface area contributed by atoms with E-state index in [1.165, 1.54) is 0 Å². The summed E-state index contributed by atoms with van der Waals surface area (Å²) in [4.78, 5) is 12.4. The van der Waals surface area contributed by atoms with Gasteiger partial charge in [-0.3, -0.25) is 10.1 Å². The van der Waals surface area contributed by atoms with Crippen LogP contribution in [0.4, 0.5) is 0 Å². The number of nitrogens with zero attached hydrogens (tertiary/aromatic N) is 1. The van der Waals surface area contributed by atoms with Crippen molar-refractivity contribution in [3.63, 3.8) is 0 Å². The lowest BCUT2D eigenvalue weighted by molar-refractivity contribution is -0.534. The maximum Gasteiger partial charge on any atom is 0.230 e. The quantitative estimate of drug-likeness (QED) is 0.439. The normalized spacial score (nSPS) is 30.3. The van der Waals surface area contributed by atoms with Crippen LogP contribution >= 0.6 is 0 Å². The summed E-state index contributed by atoms with van der Waals surface area (Å²) >= 11 is 0. The van der Waals surface area contributed by atoms with Crippen LogP contribution in [0.3, 0.4) is 0 Å². The molecule has 2 aromatic rings. The summed E-state index contributed by atoms with van der Waals surface area (Å²) in [5, 5.41) is 12.5. The minimum atomic E-state index is -0.751. The molecule has 1 fully saturated rings. The summed E-state index contributed by atoms with van der Waals surface area (Å²) in [5.74, 6) is 0.169. The molecule has 0 aromatic heterocycles. The number of hydrogen-bond donors (Lipinski definition) is 0. The van der Waals surface area contributed by atoms with Crippen molar-refractivity contribution in [2.45, 2.75) is 51.4 Å². The van der Waals surface area contributed by atoms with Crippen molar-refractivity contribution in [2.75, 3.05) is 6.61 Å². The van der Waals surface area contributed by atoms with Gasteiger partial charge in [0.2, 0.25) is 6.04 Å². The van der Waals surface area contributed by atoms with Crippen molar-refractivity contribution in [1.29, 1.82) is 0 Å². The van der Waals surface area contributed by atoms with Gasteiger partial charge in [0.05, 0.1) is 24.7 Å². The molecule has 164 valence electrons. The minimum absolute atomic E-state index is 0.0791. The van der Waals surface area contributed by atoms with Gasteiger partial charge < -0.3 is 9.47 Å². The average molecular weight is 422 g/mol. The van der Waals surface area contributed by atoms with Gasteiger partial charge in [-0.2, -0.15) is 0 Å². The number of fused-ring (bicyclic) bond motifs is 1. The molecule has 1 heterocycles. The Bertz CT molecular complexity index is 912. The van der Waals surface area contributed by atoms with E-state index in [2.05, 4.69) is 20.8 Å². The van der Waals surface area contributed by atoms with Crippen LogP contribution in [0.1, 0.15) is 50.2 Å². The molecule has 0 radical (unpaired) electrons. The molecule has 1 aliphatic carbocycles. The molecule has 0 spiro atoms. The first-order chi connectivity index (χ1) is 15.0. The molecule has 0 bridgehead atoms. The second-order valence-electron chi connectivity index (χ2n) is 9.21. The largest absolute Gasteiger partial charge is 0.473 e. The number of rotatable bonds is 6. The summed E-state index contributed by atoms with van der Waals surface area (Å²) in [6.07, 6.45) is 2.18. The van der Waals surface area contributed by atoms with Crippen LogP contribution in [0.2, 0.25) is 0 Å². The summed E-state index contributed by atoms with van der Waals surface area (Å²) in [6, 6.07) is 19.1. The Morgan fingerprint density at radius 3 is 2.26 bits per heavy atom. The van der Waals surface area contributed by atoms with E-state index in [0.29, 0.717) is 12.5 Å². The highest BCUT2D eigenvalue weighted by molar-refractivity contribution is 5.38. The third-order valence-electron chi connectivity index (χ3n) is 6.70. The molecule has 0 N–H and O–H groups in total. The summed E-state index contributed by atoms with van der Waals surface area (Å²) in [5.41, 5.74) is 3.03. The van der Waals surface area contributed by atoms with E-state index in [4.69, 9.17) is 9.47 Å². The Morgan fingerprint density at radius 1 is 1.06 bits per heavy atom. The molecule has 0 saturated heterocycles. The van der Waals surface area contributed by atoms with Crippen molar-refractivity contribution in [1.82, 2.24) is 0 Å². The molecule has 6 atom stereocenters. The van der Waals surface area contributed by atoms with Crippen LogP contribution in [0, 0.1) is 27.9 Å². The Balaban J connectivity index is 1.78. The van der Waals surface area contributed by atoms with Crippen LogP contribution in [0.25, 0.3) is 0 Å². The van der Waals surface area contributed by atoms with E-state index in [1.54, 1.807) is 6.26 Å². The van der Waals surface area contributed by atoms with E-state index in [9.17, 15) is 10.1 Å². The van der Waals surface area contributed by atoms with Gasteiger partial charge >= 0.3 is 0 Å². The Morgan fingerprint density at radius 2 is 1.68 bits per heavy atom. The van der Waals surface area contributed by atoms with E-state index < -0.39 is 6.04 Å². The molecule has 4 rings (SSSR count). The zero-order valence-electron chi connectivity index (χ0n) is 18.4. The highest BCUT2D eigenvalue weighted by Crippen LogP contribution is 2.54. The minimum Gasteiger partial charge on any atom is -0.473 e. The van der Waals surface area contributed by atoms with Gasteiger partial charge in [0.25, 0.3) is 0 Å². The third-order valence-corrected chi connectivity index (χ3v) is 6.70. The zero-order valence-corrected chi connectivity index (χ0v) is 18.4. The molecule has 1 saturated carbocycles. The zero-order chi connectivity index (χ0) is 22.0. The van der Waals surface area contributed by atoms with Crippen molar-refractivity contribution in [2.24, 2.45) is 17.8 Å². The monoisotopic (exact) mass is 421 g/mol. The third kappa shape index (κ3) is 4.38. The fourth-order valence-electron chi connectivity index (χ4n) is 5.31. The molecule has 2 aliphatic rings. The van der Waals surface area contributed by atoms with Crippen LogP contribution < -0.4 is 0 Å². The molecule has 5 nitrogen and oxygen atoms in total. The first-order valence-electron chi connectivity index (χ1n) is 11.2. The van der Waals surface area contributed by atoms with Crippen molar-refractivity contribution >= 4 is 0 Å². The molecule has 0 amide bonds. The lowest BCUT2D eigenvalue weighted by atomic mass is 9.58. The van der Waals surface area contributed by atoms with Crippen LogP contribution in [0.15, 0.2) is 72.5 Å². The SMILES string of the molecule is CC(C)CO[C@H]1C[C@@H]2C(=CO1)[C@@H](c1ccccc1)[C@H]([N+](=O)[O-])[C@H](c1ccccc1)[C@H]2C. The molecule has 0 unspecified atom stereocenters. The Kier molecular flexibility index (Phi) is 6.42. The molecule has 2 aromatic carbocycles. The second-order valence-corrected chi connectivity index (χ2v) is 9.21. The van der Waals surface area contributed by atoms with E-state index in [1.807, 2.05) is 60.7 Å². The van der Waals surface area contributed by atoms with Gasteiger partial charge in [0.15, 0.2) is 6.29 Å². The van der Waals surface area contributed by atoms with Gasteiger partial charge in [-0.15, -0.1) is 0 Å². The first kappa shape index (κ1) is 21.6. The number of nitro groups is 1. The van der Waals surface area contributed by atoms with E-state index >= 15 is 0 Å². The van der Waals surface area contributed by atoms with Crippen molar-refractivity contribution in [3.8, 4) is 0 Å². The smallest absolute Gasteiger partial charge is 0.230 e. The lowest BCUT2D eigenvalue weighted by Gasteiger charge is -2.46. The highest BCUT2D eigenvalue weighted by atomic mass is 16.7. The van der Waals surface area contributed by atoms with Gasteiger partial charge in [-0.1, -0.05) is 81.4 Å². The van der Waals surface area contributed by atoms with E-state index in [-0.39, 0.29) is 34.9 Å². The van der Waals surface area contributed by atoms with Crippen LogP contribution in [-0.4, -0.2) is 23.9 Å². The van der Waals surface area contributed by atoms with Gasteiger partial charge in [0.1, 0.15) is 0 Å². The van der Waals surface area contributed by atoms with Crippen LogP contribution in [0.5, 0.6) is 0 Å². The predicted molar refractivity (Wildman–Crippen MR) is 120 cm³/mol. The van der Waals surface area contributed by atoms with Gasteiger partial charge in [0, 0.05) is 11.3 Å². The van der Waals surface area contributed by atoms with Crippen molar-refractivity contribution < 1.29 is 14.4 Å². The fourth-order valence-corrected chi connectivity index (χ4v) is 5.31. The predicted octanol–water partition coefficient (Wildman–Crippen LogP) is 5.77. The van der Waals surface area contributed by atoms with Gasteiger partial charge in [-0.25, -0.2) is 0 Å². The molecular weight excluding hydrogens is 390 g/mol. The summed E-state index contributed by atoms with van der Waals surface area (Å²) in [7, 11) is 0. The Labute approximate surface area is 184 Å².